The topological polar surface area (TPSA) is 38.7 Å². The van der Waals surface area contributed by atoms with Gasteiger partial charge in [-0.15, -0.1) is 0 Å². The number of benzene rings is 2. The lowest BCUT2D eigenvalue weighted by Crippen LogP contribution is -1.99. The van der Waals surface area contributed by atoms with E-state index < -0.39 is 0 Å². The number of aliphatic hydroxyl groups excluding tert-OH is 1. The minimum absolute atomic E-state index is 0.0420. The molecule has 0 aliphatic carbocycles. The van der Waals surface area contributed by atoms with Crippen LogP contribution in [0.3, 0.4) is 0 Å². The molecule has 2 rings (SSSR count). The van der Waals surface area contributed by atoms with Gasteiger partial charge >= 0.3 is 0 Å². The number of hydrogen-bond donors (Lipinski definition) is 1. The zero-order valence-corrected chi connectivity index (χ0v) is 12.4. The van der Waals surface area contributed by atoms with E-state index >= 15 is 0 Å². The third kappa shape index (κ3) is 3.57. The average Bonchev–Trinajstić information content (AvgIpc) is 2.46. The molecule has 0 fully saturated rings. The fourth-order valence-corrected chi connectivity index (χ4v) is 2.19. The Labute approximate surface area is 127 Å². The van der Waals surface area contributed by atoms with Crippen LogP contribution in [0, 0.1) is 0 Å². The second-order valence-electron chi connectivity index (χ2n) is 4.17. The van der Waals surface area contributed by atoms with Gasteiger partial charge in [0.05, 0.1) is 13.7 Å². The number of rotatable bonds is 5. The first-order chi connectivity index (χ1) is 9.63. The largest absolute Gasteiger partial charge is 0.493 e. The molecule has 3 nitrogen and oxygen atoms in total. The normalized spacial score (nSPS) is 10.4. The van der Waals surface area contributed by atoms with Gasteiger partial charge in [0.2, 0.25) is 0 Å². The second-order valence-corrected chi connectivity index (χ2v) is 5.01. The molecule has 2 aromatic carbocycles. The van der Waals surface area contributed by atoms with Gasteiger partial charge in [0.15, 0.2) is 11.5 Å². The van der Waals surface area contributed by atoms with E-state index in [1.54, 1.807) is 37.4 Å². The van der Waals surface area contributed by atoms with Crippen LogP contribution >= 0.6 is 23.2 Å². The molecule has 0 unspecified atom stereocenters. The first-order valence-corrected chi connectivity index (χ1v) is 6.74. The highest BCUT2D eigenvalue weighted by Gasteiger charge is 2.07. The van der Waals surface area contributed by atoms with Crippen LogP contribution in [-0.2, 0) is 13.2 Å². The molecule has 0 aliphatic rings. The van der Waals surface area contributed by atoms with Gasteiger partial charge in [-0.3, -0.25) is 0 Å². The molecule has 0 radical (unpaired) electrons. The standard InChI is InChI=1S/C15H14Cl2O3/c1-19-15-6-10(8-18)2-5-14(15)20-9-11-3-4-12(16)7-13(11)17/h2-7,18H,8-9H2,1H3. The minimum atomic E-state index is -0.0420. The van der Waals surface area contributed by atoms with E-state index in [0.717, 1.165) is 11.1 Å². The Bertz CT molecular complexity index is 600. The van der Waals surface area contributed by atoms with Gasteiger partial charge in [0.1, 0.15) is 6.61 Å². The molecule has 0 heterocycles. The van der Waals surface area contributed by atoms with Gasteiger partial charge in [0, 0.05) is 15.6 Å². The van der Waals surface area contributed by atoms with E-state index in [4.69, 9.17) is 37.8 Å². The van der Waals surface area contributed by atoms with Crippen LogP contribution in [0.4, 0.5) is 0 Å². The maximum absolute atomic E-state index is 9.09. The molecule has 2 aromatic rings. The molecule has 0 aromatic heterocycles. The Balaban J connectivity index is 2.14. The van der Waals surface area contributed by atoms with Gasteiger partial charge in [-0.1, -0.05) is 35.3 Å². The van der Waals surface area contributed by atoms with E-state index in [2.05, 4.69) is 0 Å². The molecular formula is C15H14Cl2O3. The Hall–Kier alpha value is -1.42. The van der Waals surface area contributed by atoms with Crippen molar-refractivity contribution >= 4 is 23.2 Å². The van der Waals surface area contributed by atoms with Crippen molar-refractivity contribution in [3.05, 3.63) is 57.6 Å². The molecule has 0 aliphatic heterocycles. The summed E-state index contributed by atoms with van der Waals surface area (Å²) in [7, 11) is 1.55. The van der Waals surface area contributed by atoms with Crippen LogP contribution in [0.25, 0.3) is 0 Å². The molecule has 20 heavy (non-hydrogen) atoms. The van der Waals surface area contributed by atoms with E-state index in [0.29, 0.717) is 28.2 Å². The summed E-state index contributed by atoms with van der Waals surface area (Å²) in [5, 5.41) is 10.2. The van der Waals surface area contributed by atoms with Crippen molar-refractivity contribution < 1.29 is 14.6 Å². The summed E-state index contributed by atoms with van der Waals surface area (Å²) >= 11 is 11.9. The predicted molar refractivity (Wildman–Crippen MR) is 79.7 cm³/mol. The van der Waals surface area contributed by atoms with E-state index in [-0.39, 0.29) is 6.61 Å². The van der Waals surface area contributed by atoms with E-state index in [9.17, 15) is 0 Å². The predicted octanol–water partition coefficient (Wildman–Crippen LogP) is 4.07. The zero-order chi connectivity index (χ0) is 14.5. The Morgan fingerprint density at radius 2 is 1.85 bits per heavy atom. The van der Waals surface area contributed by atoms with Crippen LogP contribution in [0.5, 0.6) is 11.5 Å². The molecule has 106 valence electrons. The Morgan fingerprint density at radius 1 is 1.05 bits per heavy atom. The first kappa shape index (κ1) is 15.0. The van der Waals surface area contributed by atoms with E-state index in [1.165, 1.54) is 0 Å². The quantitative estimate of drug-likeness (QED) is 0.904. The highest BCUT2D eigenvalue weighted by molar-refractivity contribution is 6.35. The Morgan fingerprint density at radius 3 is 2.50 bits per heavy atom. The molecular weight excluding hydrogens is 299 g/mol. The van der Waals surface area contributed by atoms with Crippen molar-refractivity contribution in [2.24, 2.45) is 0 Å². The second kappa shape index (κ2) is 6.84. The number of methoxy groups -OCH3 is 1. The van der Waals surface area contributed by atoms with Crippen molar-refractivity contribution in [3.8, 4) is 11.5 Å². The minimum Gasteiger partial charge on any atom is -0.493 e. The summed E-state index contributed by atoms with van der Waals surface area (Å²) in [5.41, 5.74) is 1.60. The van der Waals surface area contributed by atoms with Crippen molar-refractivity contribution in [3.63, 3.8) is 0 Å². The van der Waals surface area contributed by atoms with Crippen molar-refractivity contribution in [1.82, 2.24) is 0 Å². The van der Waals surface area contributed by atoms with Crippen LogP contribution < -0.4 is 9.47 Å². The zero-order valence-electron chi connectivity index (χ0n) is 10.9. The summed E-state index contributed by atoms with van der Waals surface area (Å²) in [6.07, 6.45) is 0. The van der Waals surface area contributed by atoms with E-state index in [1.807, 2.05) is 6.07 Å². The third-order valence-corrected chi connectivity index (χ3v) is 3.40. The number of ether oxygens (including phenoxy) is 2. The first-order valence-electron chi connectivity index (χ1n) is 5.98. The van der Waals surface area contributed by atoms with Gasteiger partial charge in [0.25, 0.3) is 0 Å². The average molecular weight is 313 g/mol. The van der Waals surface area contributed by atoms with Gasteiger partial charge in [-0.05, 0) is 29.8 Å². The highest BCUT2D eigenvalue weighted by Crippen LogP contribution is 2.30. The molecule has 1 N–H and O–H groups in total. The number of aliphatic hydroxyl groups is 1. The van der Waals surface area contributed by atoms with Crippen molar-refractivity contribution in [2.45, 2.75) is 13.2 Å². The maximum atomic E-state index is 9.09. The summed E-state index contributed by atoms with van der Waals surface area (Å²) < 4.78 is 10.9. The summed E-state index contributed by atoms with van der Waals surface area (Å²) in [6.45, 7) is 0.268. The van der Waals surface area contributed by atoms with Crippen LogP contribution in [-0.4, -0.2) is 12.2 Å². The molecule has 0 atom stereocenters. The highest BCUT2D eigenvalue weighted by atomic mass is 35.5. The molecule has 0 amide bonds. The smallest absolute Gasteiger partial charge is 0.161 e. The SMILES string of the molecule is COc1cc(CO)ccc1OCc1ccc(Cl)cc1Cl. The lowest BCUT2D eigenvalue weighted by Gasteiger charge is -2.12. The molecule has 0 saturated carbocycles. The summed E-state index contributed by atoms with van der Waals surface area (Å²) in [5.74, 6) is 1.16. The third-order valence-electron chi connectivity index (χ3n) is 2.81. The molecule has 0 spiro atoms. The lowest BCUT2D eigenvalue weighted by atomic mass is 10.2. The monoisotopic (exact) mass is 312 g/mol. The number of hydrogen-bond acceptors (Lipinski definition) is 3. The molecule has 5 heteroatoms. The Kier molecular flexibility index (Phi) is 5.12. The van der Waals surface area contributed by atoms with Crippen LogP contribution in [0.15, 0.2) is 36.4 Å². The van der Waals surface area contributed by atoms with Crippen LogP contribution in [0.2, 0.25) is 10.0 Å². The maximum Gasteiger partial charge on any atom is 0.161 e. The van der Waals surface area contributed by atoms with Crippen molar-refractivity contribution in [2.75, 3.05) is 7.11 Å². The van der Waals surface area contributed by atoms with Crippen LogP contribution in [0.1, 0.15) is 11.1 Å². The van der Waals surface area contributed by atoms with Gasteiger partial charge in [-0.2, -0.15) is 0 Å². The number of halogens is 2. The fourth-order valence-electron chi connectivity index (χ4n) is 1.72. The summed E-state index contributed by atoms with van der Waals surface area (Å²) in [6, 6.07) is 10.5. The summed E-state index contributed by atoms with van der Waals surface area (Å²) in [4.78, 5) is 0. The lowest BCUT2D eigenvalue weighted by molar-refractivity contribution is 0.274. The van der Waals surface area contributed by atoms with Gasteiger partial charge < -0.3 is 14.6 Å². The fraction of sp³-hybridized carbons (Fsp3) is 0.200. The molecule has 0 saturated heterocycles. The molecule has 0 bridgehead atoms. The van der Waals surface area contributed by atoms with Crippen molar-refractivity contribution in [1.29, 1.82) is 0 Å². The van der Waals surface area contributed by atoms with Gasteiger partial charge in [-0.25, -0.2) is 0 Å².